The number of carbonyl (C=O) groups is 2. The second-order valence-corrected chi connectivity index (χ2v) is 10.1. The molecule has 158 valence electrons. The summed E-state index contributed by atoms with van der Waals surface area (Å²) in [4.78, 5) is 29.6. The lowest BCUT2D eigenvalue weighted by Crippen LogP contribution is -2.40. The number of thiazole rings is 1. The van der Waals surface area contributed by atoms with E-state index in [2.05, 4.69) is 4.99 Å². The molecular weight excluding hydrogens is 414 g/mol. The molecule has 0 spiro atoms. The Labute approximate surface area is 173 Å². The van der Waals surface area contributed by atoms with Crippen LogP contribution in [0.1, 0.15) is 30.9 Å². The standard InChI is InChI=1S/C19H25N3O5S2/c1-5-27-16(23)11-21-15-10-12(2)9-13(3)17(15)28-19(21)20-18(24)14-7-6-8-22(14)29(4,25)26/h9-10,14H,5-8,11H2,1-4H3. The zero-order chi connectivity index (χ0) is 21.3. The first-order valence-electron chi connectivity index (χ1n) is 9.43. The summed E-state index contributed by atoms with van der Waals surface area (Å²) >= 11 is 1.31. The number of carbonyl (C=O) groups excluding carboxylic acids is 2. The molecule has 0 aliphatic carbocycles. The van der Waals surface area contributed by atoms with Gasteiger partial charge >= 0.3 is 5.97 Å². The molecule has 0 bridgehead atoms. The molecule has 1 aromatic heterocycles. The van der Waals surface area contributed by atoms with Gasteiger partial charge in [0.2, 0.25) is 10.0 Å². The van der Waals surface area contributed by atoms with Crippen molar-refractivity contribution in [3.05, 3.63) is 28.1 Å². The second-order valence-electron chi connectivity index (χ2n) is 7.19. The van der Waals surface area contributed by atoms with E-state index in [0.29, 0.717) is 24.2 Å². The van der Waals surface area contributed by atoms with Gasteiger partial charge in [0.15, 0.2) is 4.80 Å². The summed E-state index contributed by atoms with van der Waals surface area (Å²) in [6.07, 6.45) is 2.16. The van der Waals surface area contributed by atoms with E-state index in [1.807, 2.05) is 26.0 Å². The smallest absolute Gasteiger partial charge is 0.326 e. The van der Waals surface area contributed by atoms with Gasteiger partial charge in [0, 0.05) is 6.54 Å². The van der Waals surface area contributed by atoms with E-state index in [-0.39, 0.29) is 13.2 Å². The molecule has 1 unspecified atom stereocenters. The molecule has 1 aromatic carbocycles. The van der Waals surface area contributed by atoms with Gasteiger partial charge in [-0.25, -0.2) is 8.42 Å². The second kappa shape index (κ2) is 8.37. The molecule has 3 rings (SSSR count). The number of nitrogens with zero attached hydrogens (tertiary/aromatic N) is 3. The summed E-state index contributed by atoms with van der Waals surface area (Å²) in [7, 11) is -3.49. The highest BCUT2D eigenvalue weighted by Crippen LogP contribution is 2.25. The van der Waals surface area contributed by atoms with Gasteiger partial charge in [0.05, 0.1) is 23.1 Å². The van der Waals surface area contributed by atoms with Crippen molar-refractivity contribution in [3.63, 3.8) is 0 Å². The van der Waals surface area contributed by atoms with E-state index in [0.717, 1.165) is 27.6 Å². The highest BCUT2D eigenvalue weighted by atomic mass is 32.2. The van der Waals surface area contributed by atoms with Gasteiger partial charge in [-0.2, -0.15) is 9.30 Å². The van der Waals surface area contributed by atoms with Crippen molar-refractivity contribution < 1.29 is 22.7 Å². The number of ether oxygens (including phenoxy) is 1. The quantitative estimate of drug-likeness (QED) is 0.661. The minimum atomic E-state index is -3.49. The van der Waals surface area contributed by atoms with Crippen LogP contribution in [0.25, 0.3) is 10.2 Å². The van der Waals surface area contributed by atoms with E-state index in [1.54, 1.807) is 11.5 Å². The fourth-order valence-electron chi connectivity index (χ4n) is 3.64. The van der Waals surface area contributed by atoms with Crippen molar-refractivity contribution in [2.75, 3.05) is 19.4 Å². The SMILES string of the molecule is CCOC(=O)Cn1c(=NC(=O)C2CCCN2S(C)(=O)=O)sc2c(C)cc(C)cc21. The number of rotatable bonds is 5. The van der Waals surface area contributed by atoms with Crippen molar-refractivity contribution in [1.82, 2.24) is 8.87 Å². The number of sulfonamides is 1. The van der Waals surface area contributed by atoms with Gasteiger partial charge in [-0.05, 0) is 50.8 Å². The van der Waals surface area contributed by atoms with E-state index in [4.69, 9.17) is 4.74 Å². The molecule has 1 fully saturated rings. The summed E-state index contributed by atoms with van der Waals surface area (Å²) in [6, 6.07) is 3.18. The molecule has 8 nitrogen and oxygen atoms in total. The van der Waals surface area contributed by atoms with Crippen molar-refractivity contribution >= 4 is 43.5 Å². The monoisotopic (exact) mass is 439 g/mol. The van der Waals surface area contributed by atoms with Crippen molar-refractivity contribution in [3.8, 4) is 0 Å². The van der Waals surface area contributed by atoms with Crippen molar-refractivity contribution in [2.45, 2.75) is 46.2 Å². The first kappa shape index (κ1) is 21.7. The number of hydrogen-bond donors (Lipinski definition) is 0. The van der Waals surface area contributed by atoms with Gasteiger partial charge in [0.25, 0.3) is 5.91 Å². The van der Waals surface area contributed by atoms with Gasteiger partial charge in [-0.15, -0.1) is 0 Å². The number of hydrogen-bond acceptors (Lipinski definition) is 6. The summed E-state index contributed by atoms with van der Waals surface area (Å²) in [5.41, 5.74) is 2.86. The molecule has 1 aliphatic rings. The Bertz CT molecular complexity index is 1130. The molecule has 1 amide bonds. The average Bonchev–Trinajstić information content (AvgIpc) is 3.22. The highest BCUT2D eigenvalue weighted by molar-refractivity contribution is 7.88. The minimum absolute atomic E-state index is 0.0662. The third kappa shape index (κ3) is 4.59. The molecule has 0 N–H and O–H groups in total. The molecule has 1 aliphatic heterocycles. The Morgan fingerprint density at radius 1 is 1.31 bits per heavy atom. The molecule has 2 aromatic rings. The van der Waals surface area contributed by atoms with Crippen LogP contribution in [-0.2, 0) is 30.9 Å². The van der Waals surface area contributed by atoms with Gasteiger partial charge in [-0.3, -0.25) is 9.59 Å². The maximum Gasteiger partial charge on any atom is 0.326 e. The Kier molecular flexibility index (Phi) is 6.25. The normalized spacial score (nSPS) is 18.5. The first-order chi connectivity index (χ1) is 13.6. The van der Waals surface area contributed by atoms with Crippen LogP contribution in [0.3, 0.4) is 0 Å². The predicted molar refractivity (Wildman–Crippen MR) is 111 cm³/mol. The Morgan fingerprint density at radius 3 is 2.69 bits per heavy atom. The van der Waals surface area contributed by atoms with Crippen LogP contribution < -0.4 is 4.80 Å². The van der Waals surface area contributed by atoms with Crippen LogP contribution in [0.4, 0.5) is 0 Å². The molecule has 29 heavy (non-hydrogen) atoms. The van der Waals surface area contributed by atoms with Gasteiger partial charge in [-0.1, -0.05) is 17.4 Å². The third-order valence-corrected chi connectivity index (χ3v) is 7.35. The molecular formula is C19H25N3O5S2. The lowest BCUT2D eigenvalue weighted by atomic mass is 10.1. The van der Waals surface area contributed by atoms with Crippen molar-refractivity contribution in [1.29, 1.82) is 0 Å². The highest BCUT2D eigenvalue weighted by Gasteiger charge is 2.36. The van der Waals surface area contributed by atoms with Crippen LogP contribution in [-0.4, -0.2) is 54.6 Å². The van der Waals surface area contributed by atoms with E-state index >= 15 is 0 Å². The first-order valence-corrected chi connectivity index (χ1v) is 12.1. The Morgan fingerprint density at radius 2 is 2.03 bits per heavy atom. The van der Waals surface area contributed by atoms with E-state index < -0.39 is 27.9 Å². The maximum absolute atomic E-state index is 12.9. The zero-order valence-corrected chi connectivity index (χ0v) is 18.6. The summed E-state index contributed by atoms with van der Waals surface area (Å²) < 4.78 is 32.8. The number of aryl methyl sites for hydroxylation is 2. The molecule has 2 heterocycles. The number of amides is 1. The lowest BCUT2D eigenvalue weighted by molar-refractivity contribution is -0.143. The number of benzene rings is 1. The molecule has 1 saturated heterocycles. The number of esters is 1. The largest absolute Gasteiger partial charge is 0.465 e. The van der Waals surface area contributed by atoms with E-state index in [9.17, 15) is 18.0 Å². The molecule has 0 saturated carbocycles. The lowest BCUT2D eigenvalue weighted by Gasteiger charge is -2.18. The number of aromatic nitrogens is 1. The summed E-state index contributed by atoms with van der Waals surface area (Å²) in [5, 5.41) is 0. The fourth-order valence-corrected chi connectivity index (χ4v) is 5.84. The van der Waals surface area contributed by atoms with Crippen LogP contribution >= 0.6 is 11.3 Å². The summed E-state index contributed by atoms with van der Waals surface area (Å²) in [6.45, 7) is 6.17. The Hall–Kier alpha value is -2.04. The maximum atomic E-state index is 12.9. The summed E-state index contributed by atoms with van der Waals surface area (Å²) in [5.74, 6) is -0.926. The van der Waals surface area contributed by atoms with E-state index in [1.165, 1.54) is 15.6 Å². The topological polar surface area (TPSA) is 98.0 Å². The van der Waals surface area contributed by atoms with Crippen LogP contribution in [0.15, 0.2) is 17.1 Å². The minimum Gasteiger partial charge on any atom is -0.465 e. The van der Waals surface area contributed by atoms with Crippen molar-refractivity contribution in [2.24, 2.45) is 4.99 Å². The molecule has 1 atom stereocenters. The number of fused-ring (bicyclic) bond motifs is 1. The van der Waals surface area contributed by atoms with Crippen LogP contribution in [0, 0.1) is 13.8 Å². The fraction of sp³-hybridized carbons (Fsp3) is 0.526. The Balaban J connectivity index is 2.11. The van der Waals surface area contributed by atoms with Crippen LogP contribution in [0.2, 0.25) is 0 Å². The zero-order valence-electron chi connectivity index (χ0n) is 17.0. The molecule has 10 heteroatoms. The van der Waals surface area contributed by atoms with Gasteiger partial charge in [0.1, 0.15) is 12.6 Å². The predicted octanol–water partition coefficient (Wildman–Crippen LogP) is 1.73. The molecule has 0 radical (unpaired) electrons. The average molecular weight is 440 g/mol. The third-order valence-electron chi connectivity index (χ3n) is 4.83. The van der Waals surface area contributed by atoms with Crippen LogP contribution in [0.5, 0.6) is 0 Å². The van der Waals surface area contributed by atoms with Gasteiger partial charge < -0.3 is 9.30 Å².